The van der Waals surface area contributed by atoms with Crippen LogP contribution >= 0.6 is 0 Å². The van der Waals surface area contributed by atoms with Crippen molar-refractivity contribution in [3.63, 3.8) is 0 Å². The van der Waals surface area contributed by atoms with Crippen LogP contribution in [0.4, 0.5) is 0 Å². The van der Waals surface area contributed by atoms with Crippen molar-refractivity contribution in [3.05, 3.63) is 65.2 Å². The summed E-state index contributed by atoms with van der Waals surface area (Å²) in [6.07, 6.45) is 0.710. The number of carbonyl (C=O) groups excluding carboxylic acids is 2. The third kappa shape index (κ3) is 6.08. The molecule has 0 unspecified atom stereocenters. The summed E-state index contributed by atoms with van der Waals surface area (Å²) in [6, 6.07) is 14.7. The molecule has 3 rings (SSSR count). The summed E-state index contributed by atoms with van der Waals surface area (Å²) in [5.41, 5.74) is 9.82. The molecule has 0 aliphatic carbocycles. The highest BCUT2D eigenvalue weighted by atomic mass is 16.5. The number of amides is 2. The number of aromatic nitrogens is 1. The lowest BCUT2D eigenvalue weighted by Crippen LogP contribution is -2.30. The first-order valence-electron chi connectivity index (χ1n) is 11.4. The van der Waals surface area contributed by atoms with Crippen LogP contribution in [0.15, 0.2) is 53.1 Å². The number of carbonyl (C=O) groups is 2. The third-order valence-electron chi connectivity index (χ3n) is 5.60. The fourth-order valence-corrected chi connectivity index (χ4v) is 3.73. The quantitative estimate of drug-likeness (QED) is 0.486. The van der Waals surface area contributed by atoms with E-state index in [0.29, 0.717) is 29.0 Å². The molecule has 33 heavy (non-hydrogen) atoms. The largest absolute Gasteiger partial charge is 0.366 e. The van der Waals surface area contributed by atoms with Crippen LogP contribution in [0.25, 0.3) is 22.6 Å². The Balaban J connectivity index is 1.87. The van der Waals surface area contributed by atoms with Crippen LogP contribution in [0.1, 0.15) is 54.0 Å². The van der Waals surface area contributed by atoms with Gasteiger partial charge in [0, 0.05) is 40.9 Å². The minimum atomic E-state index is -0.439. The fourth-order valence-electron chi connectivity index (χ4n) is 3.73. The maximum Gasteiger partial charge on any atom is 0.251 e. The zero-order valence-electron chi connectivity index (χ0n) is 19.7. The van der Waals surface area contributed by atoms with Crippen molar-refractivity contribution in [1.82, 2.24) is 15.4 Å². The summed E-state index contributed by atoms with van der Waals surface area (Å²) in [7, 11) is 0. The number of rotatable bonds is 10. The SMILES string of the molecule is CCN(CC)CCc1cc(-c2cc(-c3cccc(C(=O)NC(C)C)c3)no2)ccc1C(N)=O. The van der Waals surface area contributed by atoms with Crippen molar-refractivity contribution >= 4 is 11.8 Å². The number of nitrogens with zero attached hydrogens (tertiary/aromatic N) is 2. The first-order valence-corrected chi connectivity index (χ1v) is 11.4. The highest BCUT2D eigenvalue weighted by Crippen LogP contribution is 2.28. The summed E-state index contributed by atoms with van der Waals surface area (Å²) in [5.74, 6) is 0.0171. The molecule has 174 valence electrons. The van der Waals surface area contributed by atoms with Gasteiger partial charge in [-0.05, 0) is 63.2 Å². The van der Waals surface area contributed by atoms with E-state index in [1.165, 1.54) is 0 Å². The number of nitrogens with two attached hydrogens (primary N) is 1. The highest BCUT2D eigenvalue weighted by molar-refractivity contribution is 5.96. The fraction of sp³-hybridized carbons (Fsp3) is 0.346. The van der Waals surface area contributed by atoms with E-state index in [1.54, 1.807) is 18.2 Å². The van der Waals surface area contributed by atoms with E-state index in [2.05, 4.69) is 29.2 Å². The average Bonchev–Trinajstić information content (AvgIpc) is 3.29. The molecule has 0 fully saturated rings. The minimum absolute atomic E-state index is 0.0547. The van der Waals surface area contributed by atoms with Gasteiger partial charge in [-0.25, -0.2) is 0 Å². The second kappa shape index (κ2) is 10.9. The van der Waals surface area contributed by atoms with Gasteiger partial charge in [-0.3, -0.25) is 9.59 Å². The molecule has 1 aromatic heterocycles. The molecule has 0 saturated carbocycles. The predicted molar refractivity (Wildman–Crippen MR) is 130 cm³/mol. The van der Waals surface area contributed by atoms with Gasteiger partial charge in [0.15, 0.2) is 5.76 Å². The molecule has 0 saturated heterocycles. The summed E-state index contributed by atoms with van der Waals surface area (Å²) in [4.78, 5) is 26.6. The van der Waals surface area contributed by atoms with Gasteiger partial charge in [0.05, 0.1) is 0 Å². The lowest BCUT2D eigenvalue weighted by Gasteiger charge is -2.18. The van der Waals surface area contributed by atoms with Gasteiger partial charge in [0.25, 0.3) is 5.91 Å². The molecular formula is C26H32N4O3. The van der Waals surface area contributed by atoms with E-state index >= 15 is 0 Å². The van der Waals surface area contributed by atoms with Crippen LogP contribution < -0.4 is 11.1 Å². The van der Waals surface area contributed by atoms with Crippen LogP contribution in [0, 0.1) is 0 Å². The summed E-state index contributed by atoms with van der Waals surface area (Å²) >= 11 is 0. The Morgan fingerprint density at radius 3 is 2.48 bits per heavy atom. The van der Waals surface area contributed by atoms with Crippen molar-refractivity contribution < 1.29 is 14.1 Å². The van der Waals surface area contributed by atoms with Crippen molar-refractivity contribution in [1.29, 1.82) is 0 Å². The van der Waals surface area contributed by atoms with E-state index in [4.69, 9.17) is 10.3 Å². The number of benzene rings is 2. The molecule has 3 N–H and O–H groups in total. The Morgan fingerprint density at radius 1 is 1.06 bits per heavy atom. The summed E-state index contributed by atoms with van der Waals surface area (Å²) < 4.78 is 5.62. The standard InChI is InChI=1S/C26H32N4O3/c1-5-30(6-2)13-12-18-14-20(10-11-22(18)25(27)31)24-16-23(29-33-24)19-8-7-9-21(15-19)26(32)28-17(3)4/h7-11,14-17H,5-6,12-13H2,1-4H3,(H2,27,31)(H,28,32). The Labute approximate surface area is 194 Å². The van der Waals surface area contributed by atoms with Crippen LogP contribution in [-0.4, -0.2) is 47.5 Å². The zero-order valence-corrected chi connectivity index (χ0v) is 19.7. The first-order chi connectivity index (χ1) is 15.8. The second-order valence-electron chi connectivity index (χ2n) is 8.30. The molecular weight excluding hydrogens is 416 g/mol. The van der Waals surface area contributed by atoms with Gasteiger partial charge in [0.1, 0.15) is 5.69 Å². The topological polar surface area (TPSA) is 101 Å². The van der Waals surface area contributed by atoms with Gasteiger partial charge in [0.2, 0.25) is 5.91 Å². The van der Waals surface area contributed by atoms with Crippen LogP contribution in [0.2, 0.25) is 0 Å². The summed E-state index contributed by atoms with van der Waals surface area (Å²) in [6.45, 7) is 10.8. The van der Waals surface area contributed by atoms with E-state index in [0.717, 1.165) is 36.3 Å². The van der Waals surface area contributed by atoms with Crippen molar-refractivity contribution in [3.8, 4) is 22.6 Å². The molecule has 2 aromatic carbocycles. The summed E-state index contributed by atoms with van der Waals surface area (Å²) in [5, 5.41) is 7.10. The molecule has 0 radical (unpaired) electrons. The molecule has 0 atom stereocenters. The molecule has 7 heteroatoms. The molecule has 0 bridgehead atoms. The number of hydrogen-bond acceptors (Lipinski definition) is 5. The van der Waals surface area contributed by atoms with Gasteiger partial charge in [-0.1, -0.05) is 37.2 Å². The van der Waals surface area contributed by atoms with E-state index in [1.807, 2.05) is 44.2 Å². The molecule has 7 nitrogen and oxygen atoms in total. The van der Waals surface area contributed by atoms with Gasteiger partial charge < -0.3 is 20.5 Å². The number of hydrogen-bond donors (Lipinski definition) is 2. The third-order valence-corrected chi connectivity index (χ3v) is 5.60. The molecule has 0 aliphatic rings. The van der Waals surface area contributed by atoms with E-state index < -0.39 is 5.91 Å². The Bertz CT molecular complexity index is 1120. The van der Waals surface area contributed by atoms with Crippen molar-refractivity contribution in [2.45, 2.75) is 40.2 Å². The Kier molecular flexibility index (Phi) is 8.01. The monoisotopic (exact) mass is 448 g/mol. The van der Waals surface area contributed by atoms with Crippen molar-refractivity contribution in [2.24, 2.45) is 5.73 Å². The predicted octanol–water partition coefficient (Wildman–Crippen LogP) is 4.13. The number of likely N-dealkylation sites (N-methyl/N-ethyl adjacent to an activating group) is 1. The normalized spacial score (nSPS) is 11.2. The minimum Gasteiger partial charge on any atom is -0.366 e. The van der Waals surface area contributed by atoms with E-state index in [-0.39, 0.29) is 11.9 Å². The average molecular weight is 449 g/mol. The smallest absolute Gasteiger partial charge is 0.251 e. The van der Waals surface area contributed by atoms with Crippen LogP contribution in [0.5, 0.6) is 0 Å². The molecule has 0 spiro atoms. The maximum absolute atomic E-state index is 12.3. The lowest BCUT2D eigenvalue weighted by molar-refractivity contribution is 0.0942. The first kappa shape index (κ1) is 24.2. The lowest BCUT2D eigenvalue weighted by atomic mass is 9.99. The van der Waals surface area contributed by atoms with Crippen LogP contribution in [-0.2, 0) is 6.42 Å². The van der Waals surface area contributed by atoms with Crippen LogP contribution in [0.3, 0.4) is 0 Å². The maximum atomic E-state index is 12.3. The highest BCUT2D eigenvalue weighted by Gasteiger charge is 2.15. The van der Waals surface area contributed by atoms with Crippen molar-refractivity contribution in [2.75, 3.05) is 19.6 Å². The van der Waals surface area contributed by atoms with Gasteiger partial charge in [-0.15, -0.1) is 0 Å². The van der Waals surface area contributed by atoms with E-state index in [9.17, 15) is 9.59 Å². The Morgan fingerprint density at radius 2 is 1.82 bits per heavy atom. The molecule has 2 amide bonds. The number of primary amides is 1. The zero-order chi connectivity index (χ0) is 24.0. The Hall–Kier alpha value is -3.45. The molecule has 0 aliphatic heterocycles. The number of nitrogens with one attached hydrogen (secondary N) is 1. The molecule has 3 aromatic rings. The molecule has 1 heterocycles. The second-order valence-corrected chi connectivity index (χ2v) is 8.30. The van der Waals surface area contributed by atoms with Gasteiger partial charge in [-0.2, -0.15) is 0 Å². The van der Waals surface area contributed by atoms with Gasteiger partial charge >= 0.3 is 0 Å².